The number of carbonyl (C=O) groups excluding carboxylic acids is 2. The maximum absolute atomic E-state index is 13.3. The Kier molecular flexibility index (Phi) is 5.26. The molecule has 1 aliphatic rings. The van der Waals surface area contributed by atoms with E-state index >= 15 is 0 Å². The van der Waals surface area contributed by atoms with E-state index in [1.165, 1.54) is 20.5 Å². The lowest BCUT2D eigenvalue weighted by Crippen LogP contribution is -2.31. The SMILES string of the molecule is COc1ccc(C2=C(Nc3ccccc3)C(=O)N(Cc3ccco3)C2=O)cc1OC. The third-order valence-corrected chi connectivity index (χ3v) is 4.78. The van der Waals surface area contributed by atoms with Gasteiger partial charge in [-0.15, -0.1) is 0 Å². The summed E-state index contributed by atoms with van der Waals surface area (Å²) in [5.41, 5.74) is 1.71. The monoisotopic (exact) mass is 404 g/mol. The van der Waals surface area contributed by atoms with Gasteiger partial charge in [-0.05, 0) is 42.0 Å². The van der Waals surface area contributed by atoms with Crippen molar-refractivity contribution in [2.75, 3.05) is 19.5 Å². The number of anilines is 1. The molecule has 0 bridgehead atoms. The van der Waals surface area contributed by atoms with Gasteiger partial charge in [0.1, 0.15) is 11.5 Å². The van der Waals surface area contributed by atoms with Gasteiger partial charge in [-0.2, -0.15) is 0 Å². The van der Waals surface area contributed by atoms with E-state index in [-0.39, 0.29) is 17.8 Å². The molecule has 0 spiro atoms. The predicted molar refractivity (Wildman–Crippen MR) is 111 cm³/mol. The zero-order valence-electron chi connectivity index (χ0n) is 16.5. The van der Waals surface area contributed by atoms with Gasteiger partial charge in [-0.25, -0.2) is 0 Å². The van der Waals surface area contributed by atoms with Gasteiger partial charge in [-0.1, -0.05) is 24.3 Å². The van der Waals surface area contributed by atoms with Gasteiger partial charge in [0.2, 0.25) is 0 Å². The number of nitrogens with one attached hydrogen (secondary N) is 1. The molecule has 0 atom stereocenters. The van der Waals surface area contributed by atoms with Crippen LogP contribution in [0, 0.1) is 0 Å². The fraction of sp³-hybridized carbons (Fsp3) is 0.130. The molecule has 2 amide bonds. The molecule has 0 saturated heterocycles. The van der Waals surface area contributed by atoms with Gasteiger partial charge < -0.3 is 19.2 Å². The zero-order valence-corrected chi connectivity index (χ0v) is 16.5. The summed E-state index contributed by atoms with van der Waals surface area (Å²) in [4.78, 5) is 27.6. The van der Waals surface area contributed by atoms with Gasteiger partial charge in [0.25, 0.3) is 11.8 Å². The lowest BCUT2D eigenvalue weighted by molar-refractivity contribution is -0.137. The number of nitrogens with zero attached hydrogens (tertiary/aromatic N) is 1. The second kappa shape index (κ2) is 8.16. The highest BCUT2D eigenvalue weighted by Crippen LogP contribution is 2.36. The van der Waals surface area contributed by atoms with E-state index in [0.717, 1.165) is 4.90 Å². The van der Waals surface area contributed by atoms with E-state index in [9.17, 15) is 9.59 Å². The van der Waals surface area contributed by atoms with Crippen LogP contribution in [0.5, 0.6) is 11.5 Å². The molecule has 0 unspecified atom stereocenters. The largest absolute Gasteiger partial charge is 0.493 e. The Hall–Kier alpha value is -4.00. The number of para-hydroxylation sites is 1. The van der Waals surface area contributed by atoms with Crippen LogP contribution in [-0.4, -0.2) is 30.9 Å². The summed E-state index contributed by atoms with van der Waals surface area (Å²) < 4.78 is 16.0. The summed E-state index contributed by atoms with van der Waals surface area (Å²) in [6.45, 7) is 0.0431. The molecule has 0 saturated carbocycles. The van der Waals surface area contributed by atoms with Crippen molar-refractivity contribution < 1.29 is 23.5 Å². The van der Waals surface area contributed by atoms with Crippen LogP contribution in [0.15, 0.2) is 77.0 Å². The van der Waals surface area contributed by atoms with Crippen LogP contribution < -0.4 is 14.8 Å². The summed E-state index contributed by atoms with van der Waals surface area (Å²) in [7, 11) is 3.05. The van der Waals surface area contributed by atoms with E-state index < -0.39 is 11.8 Å². The molecular weight excluding hydrogens is 384 g/mol. The van der Waals surface area contributed by atoms with E-state index in [2.05, 4.69) is 5.32 Å². The molecule has 0 radical (unpaired) electrons. The molecular formula is C23H20N2O5. The Labute approximate surface area is 173 Å². The third kappa shape index (κ3) is 3.53. The summed E-state index contributed by atoms with van der Waals surface area (Å²) in [6.07, 6.45) is 1.51. The molecule has 1 aromatic heterocycles. The molecule has 0 aliphatic carbocycles. The van der Waals surface area contributed by atoms with Crippen molar-refractivity contribution in [1.82, 2.24) is 4.90 Å². The van der Waals surface area contributed by atoms with Crippen molar-refractivity contribution in [1.29, 1.82) is 0 Å². The maximum atomic E-state index is 13.3. The third-order valence-electron chi connectivity index (χ3n) is 4.78. The summed E-state index contributed by atoms with van der Waals surface area (Å²) >= 11 is 0. The predicted octanol–water partition coefficient (Wildman–Crippen LogP) is 3.69. The second-order valence-corrected chi connectivity index (χ2v) is 6.59. The van der Waals surface area contributed by atoms with E-state index in [1.54, 1.807) is 30.3 Å². The molecule has 7 heteroatoms. The molecule has 4 rings (SSSR count). The second-order valence-electron chi connectivity index (χ2n) is 6.59. The number of hydrogen-bond donors (Lipinski definition) is 1. The van der Waals surface area contributed by atoms with Gasteiger partial charge in [0, 0.05) is 5.69 Å². The highest BCUT2D eigenvalue weighted by molar-refractivity contribution is 6.36. The average molecular weight is 404 g/mol. The number of methoxy groups -OCH3 is 2. The molecule has 0 fully saturated rings. The van der Waals surface area contributed by atoms with Crippen molar-refractivity contribution in [2.45, 2.75) is 6.54 Å². The maximum Gasteiger partial charge on any atom is 0.278 e. The lowest BCUT2D eigenvalue weighted by atomic mass is 10.0. The van der Waals surface area contributed by atoms with Gasteiger partial charge in [0.15, 0.2) is 11.5 Å². The fourth-order valence-electron chi connectivity index (χ4n) is 3.32. The average Bonchev–Trinajstić information content (AvgIpc) is 3.37. The van der Waals surface area contributed by atoms with Gasteiger partial charge >= 0.3 is 0 Å². The summed E-state index contributed by atoms with van der Waals surface area (Å²) in [5.74, 6) is 0.673. The molecule has 152 valence electrons. The standard InChI is InChI=1S/C23H20N2O5/c1-28-18-11-10-15(13-19(18)29-2)20-21(24-16-7-4-3-5-8-16)23(27)25(22(20)26)14-17-9-6-12-30-17/h3-13,24H,14H2,1-2H3. The van der Waals surface area contributed by atoms with E-state index in [1.807, 2.05) is 30.3 Å². The van der Waals surface area contributed by atoms with Crippen molar-refractivity contribution in [3.8, 4) is 11.5 Å². The molecule has 7 nitrogen and oxygen atoms in total. The number of ether oxygens (including phenoxy) is 2. The summed E-state index contributed by atoms with van der Waals surface area (Å²) in [6, 6.07) is 17.8. The van der Waals surface area contributed by atoms with E-state index in [4.69, 9.17) is 13.9 Å². The molecule has 2 heterocycles. The Balaban J connectivity index is 1.78. The van der Waals surface area contributed by atoms with Crippen LogP contribution in [-0.2, 0) is 16.1 Å². The Morgan fingerprint density at radius 2 is 1.67 bits per heavy atom. The van der Waals surface area contributed by atoms with E-state index in [0.29, 0.717) is 28.5 Å². The number of amides is 2. The first kappa shape index (κ1) is 19.3. The Bertz CT molecular complexity index is 1100. The van der Waals surface area contributed by atoms with Gasteiger partial charge in [-0.3, -0.25) is 14.5 Å². The molecule has 30 heavy (non-hydrogen) atoms. The first-order chi connectivity index (χ1) is 14.6. The summed E-state index contributed by atoms with van der Waals surface area (Å²) in [5, 5.41) is 3.11. The first-order valence-electron chi connectivity index (χ1n) is 9.29. The minimum atomic E-state index is -0.426. The number of carbonyl (C=O) groups is 2. The van der Waals surface area contributed by atoms with Crippen LogP contribution in [0.4, 0.5) is 5.69 Å². The number of hydrogen-bond acceptors (Lipinski definition) is 6. The molecule has 1 aliphatic heterocycles. The molecule has 3 aromatic rings. The molecule has 1 N–H and O–H groups in total. The minimum Gasteiger partial charge on any atom is -0.493 e. The Morgan fingerprint density at radius 1 is 0.900 bits per heavy atom. The highest BCUT2D eigenvalue weighted by atomic mass is 16.5. The minimum absolute atomic E-state index is 0.0431. The number of imide groups is 1. The quantitative estimate of drug-likeness (QED) is 0.605. The smallest absolute Gasteiger partial charge is 0.278 e. The van der Waals surface area contributed by atoms with Crippen molar-refractivity contribution in [3.63, 3.8) is 0 Å². The lowest BCUT2D eigenvalue weighted by Gasteiger charge is -2.14. The number of benzene rings is 2. The van der Waals surface area contributed by atoms with Crippen LogP contribution in [0.1, 0.15) is 11.3 Å². The number of rotatable bonds is 7. The zero-order chi connectivity index (χ0) is 21.1. The Morgan fingerprint density at radius 3 is 2.33 bits per heavy atom. The van der Waals surface area contributed by atoms with Crippen molar-refractivity contribution >= 4 is 23.1 Å². The number of furan rings is 1. The fourth-order valence-corrected chi connectivity index (χ4v) is 3.32. The topological polar surface area (TPSA) is 81.0 Å². The normalized spacial score (nSPS) is 13.7. The van der Waals surface area contributed by atoms with Crippen molar-refractivity contribution in [3.05, 3.63) is 83.9 Å². The first-order valence-corrected chi connectivity index (χ1v) is 9.29. The van der Waals surface area contributed by atoms with Crippen molar-refractivity contribution in [2.24, 2.45) is 0 Å². The van der Waals surface area contributed by atoms with Crippen LogP contribution >= 0.6 is 0 Å². The van der Waals surface area contributed by atoms with Crippen LogP contribution in [0.25, 0.3) is 5.57 Å². The highest BCUT2D eigenvalue weighted by Gasteiger charge is 2.40. The van der Waals surface area contributed by atoms with Crippen LogP contribution in [0.2, 0.25) is 0 Å². The van der Waals surface area contributed by atoms with Crippen LogP contribution in [0.3, 0.4) is 0 Å². The van der Waals surface area contributed by atoms with Gasteiger partial charge in [0.05, 0.1) is 32.6 Å². The molecule has 2 aromatic carbocycles.